The zero-order valence-electron chi connectivity index (χ0n) is 12.1. The summed E-state index contributed by atoms with van der Waals surface area (Å²) < 4.78 is 0. The number of amides is 2. The van der Waals surface area contributed by atoms with Crippen molar-refractivity contribution in [3.05, 3.63) is 62.6 Å². The molecule has 0 heterocycles. The second kappa shape index (κ2) is 7.23. The molecular formula is C16H15Cl3N2O. The molecule has 0 aliphatic rings. The molecule has 0 spiro atoms. The van der Waals surface area contributed by atoms with Crippen molar-refractivity contribution in [1.82, 2.24) is 5.32 Å². The van der Waals surface area contributed by atoms with Gasteiger partial charge in [-0.05, 0) is 49.2 Å². The molecule has 2 amide bonds. The molecule has 2 aromatic rings. The first kappa shape index (κ1) is 16.9. The van der Waals surface area contributed by atoms with Gasteiger partial charge in [0.15, 0.2) is 0 Å². The molecule has 6 heteroatoms. The molecule has 1 atom stereocenters. The Morgan fingerprint density at radius 3 is 2.41 bits per heavy atom. The van der Waals surface area contributed by atoms with E-state index in [9.17, 15) is 4.79 Å². The number of aryl methyl sites for hydroxylation is 1. The van der Waals surface area contributed by atoms with Gasteiger partial charge >= 0.3 is 6.03 Å². The third kappa shape index (κ3) is 4.29. The van der Waals surface area contributed by atoms with E-state index in [1.165, 1.54) is 0 Å². The molecule has 0 saturated carbocycles. The number of benzene rings is 2. The lowest BCUT2D eigenvalue weighted by Crippen LogP contribution is -2.31. The summed E-state index contributed by atoms with van der Waals surface area (Å²) in [4.78, 5) is 12.0. The molecule has 1 unspecified atom stereocenters. The number of carbonyl (C=O) groups excluding carboxylic acids is 1. The summed E-state index contributed by atoms with van der Waals surface area (Å²) in [6.45, 7) is 3.74. The smallest absolute Gasteiger partial charge is 0.319 e. The molecule has 0 aliphatic carbocycles. The SMILES string of the molecule is Cc1ccc(NC(=O)NC(C)c2ccc(Cl)cc2Cl)cc1Cl. The maximum Gasteiger partial charge on any atom is 0.319 e. The van der Waals surface area contributed by atoms with Crippen molar-refractivity contribution in [2.24, 2.45) is 0 Å². The fourth-order valence-electron chi connectivity index (χ4n) is 1.96. The molecule has 116 valence electrons. The van der Waals surface area contributed by atoms with Crippen LogP contribution in [0.25, 0.3) is 0 Å². The lowest BCUT2D eigenvalue weighted by atomic mass is 10.1. The normalized spacial score (nSPS) is 11.9. The van der Waals surface area contributed by atoms with Crippen molar-refractivity contribution in [3.63, 3.8) is 0 Å². The lowest BCUT2D eigenvalue weighted by molar-refractivity contribution is 0.249. The Kier molecular flexibility index (Phi) is 5.57. The maximum absolute atomic E-state index is 12.0. The van der Waals surface area contributed by atoms with E-state index >= 15 is 0 Å². The first-order chi connectivity index (χ1) is 10.4. The van der Waals surface area contributed by atoms with Crippen LogP contribution >= 0.6 is 34.8 Å². The van der Waals surface area contributed by atoms with E-state index in [0.717, 1.165) is 11.1 Å². The molecule has 0 saturated heterocycles. The van der Waals surface area contributed by atoms with Crippen LogP contribution in [-0.4, -0.2) is 6.03 Å². The second-order valence-corrected chi connectivity index (χ2v) is 6.20. The topological polar surface area (TPSA) is 41.1 Å². The molecule has 2 rings (SSSR count). The highest BCUT2D eigenvalue weighted by molar-refractivity contribution is 6.35. The highest BCUT2D eigenvalue weighted by Gasteiger charge is 2.13. The minimum Gasteiger partial charge on any atom is -0.331 e. The van der Waals surface area contributed by atoms with Crippen molar-refractivity contribution in [2.45, 2.75) is 19.9 Å². The average molecular weight is 358 g/mol. The fourth-order valence-corrected chi connectivity index (χ4v) is 2.72. The number of hydrogen-bond acceptors (Lipinski definition) is 1. The highest BCUT2D eigenvalue weighted by atomic mass is 35.5. The molecule has 22 heavy (non-hydrogen) atoms. The summed E-state index contributed by atoms with van der Waals surface area (Å²) in [5.41, 5.74) is 2.37. The highest BCUT2D eigenvalue weighted by Crippen LogP contribution is 2.26. The van der Waals surface area contributed by atoms with Gasteiger partial charge in [-0.15, -0.1) is 0 Å². The lowest BCUT2D eigenvalue weighted by Gasteiger charge is -2.16. The van der Waals surface area contributed by atoms with Crippen LogP contribution in [0, 0.1) is 6.92 Å². The number of carbonyl (C=O) groups is 1. The molecule has 0 radical (unpaired) electrons. The molecule has 0 fully saturated rings. The van der Waals surface area contributed by atoms with Crippen LogP contribution in [0.15, 0.2) is 36.4 Å². The Morgan fingerprint density at radius 1 is 1.05 bits per heavy atom. The van der Waals surface area contributed by atoms with Gasteiger partial charge in [-0.1, -0.05) is 46.9 Å². The minimum absolute atomic E-state index is 0.259. The van der Waals surface area contributed by atoms with Crippen LogP contribution < -0.4 is 10.6 Å². The van der Waals surface area contributed by atoms with Crippen LogP contribution in [0.3, 0.4) is 0 Å². The van der Waals surface area contributed by atoms with Gasteiger partial charge in [0, 0.05) is 20.8 Å². The van der Waals surface area contributed by atoms with Gasteiger partial charge in [0.25, 0.3) is 0 Å². The van der Waals surface area contributed by atoms with Gasteiger partial charge in [0.05, 0.1) is 6.04 Å². The monoisotopic (exact) mass is 356 g/mol. The largest absolute Gasteiger partial charge is 0.331 e. The summed E-state index contributed by atoms with van der Waals surface area (Å²) in [5.74, 6) is 0. The summed E-state index contributed by atoms with van der Waals surface area (Å²) >= 11 is 18.0. The van der Waals surface area contributed by atoms with E-state index in [4.69, 9.17) is 34.8 Å². The van der Waals surface area contributed by atoms with E-state index < -0.39 is 0 Å². The zero-order chi connectivity index (χ0) is 16.3. The zero-order valence-corrected chi connectivity index (χ0v) is 14.4. The van der Waals surface area contributed by atoms with Gasteiger partial charge in [0.2, 0.25) is 0 Å². The summed E-state index contributed by atoms with van der Waals surface area (Å²) in [7, 11) is 0. The quantitative estimate of drug-likeness (QED) is 0.712. The standard InChI is InChI=1S/C16H15Cl3N2O/c1-9-3-5-12(8-14(9)18)21-16(22)20-10(2)13-6-4-11(17)7-15(13)19/h3-8,10H,1-2H3,(H2,20,21,22). The number of rotatable bonds is 3. The fraction of sp³-hybridized carbons (Fsp3) is 0.188. The van der Waals surface area contributed by atoms with E-state index in [2.05, 4.69) is 10.6 Å². The van der Waals surface area contributed by atoms with Crippen LogP contribution in [0.2, 0.25) is 15.1 Å². The van der Waals surface area contributed by atoms with Crippen molar-refractivity contribution in [1.29, 1.82) is 0 Å². The van der Waals surface area contributed by atoms with Gasteiger partial charge in [0.1, 0.15) is 0 Å². The number of hydrogen-bond donors (Lipinski definition) is 2. The van der Waals surface area contributed by atoms with Crippen LogP contribution in [0.1, 0.15) is 24.1 Å². The molecule has 0 bridgehead atoms. The van der Waals surface area contributed by atoms with Gasteiger partial charge in [-0.2, -0.15) is 0 Å². The van der Waals surface area contributed by atoms with Crippen LogP contribution in [-0.2, 0) is 0 Å². The Bertz CT molecular complexity index is 704. The van der Waals surface area contributed by atoms with E-state index in [0.29, 0.717) is 20.8 Å². The predicted octanol–water partition coefficient (Wildman–Crippen LogP) is 5.84. The average Bonchev–Trinajstić information content (AvgIpc) is 2.42. The number of anilines is 1. The molecule has 0 aromatic heterocycles. The molecule has 0 aliphatic heterocycles. The van der Waals surface area contributed by atoms with Crippen molar-refractivity contribution in [3.8, 4) is 0 Å². The molecule has 2 N–H and O–H groups in total. The predicted molar refractivity (Wildman–Crippen MR) is 93.2 cm³/mol. The Balaban J connectivity index is 2.03. The molecule has 2 aromatic carbocycles. The molecular weight excluding hydrogens is 343 g/mol. The third-order valence-corrected chi connectivity index (χ3v) is 4.18. The maximum atomic E-state index is 12.0. The number of halogens is 3. The van der Waals surface area contributed by atoms with Crippen molar-refractivity contribution < 1.29 is 4.79 Å². The van der Waals surface area contributed by atoms with Crippen molar-refractivity contribution >= 4 is 46.5 Å². The molecule has 3 nitrogen and oxygen atoms in total. The summed E-state index contributed by atoms with van der Waals surface area (Å²) in [5, 5.41) is 7.23. The second-order valence-electron chi connectivity index (χ2n) is 4.95. The Labute approximate surface area is 144 Å². The van der Waals surface area contributed by atoms with Crippen LogP contribution in [0.5, 0.6) is 0 Å². The summed E-state index contributed by atoms with van der Waals surface area (Å²) in [6, 6.07) is 9.92. The summed E-state index contributed by atoms with van der Waals surface area (Å²) in [6.07, 6.45) is 0. The Morgan fingerprint density at radius 2 is 1.77 bits per heavy atom. The number of nitrogens with one attached hydrogen (secondary N) is 2. The van der Waals surface area contributed by atoms with Crippen LogP contribution in [0.4, 0.5) is 10.5 Å². The van der Waals surface area contributed by atoms with Gasteiger partial charge in [-0.3, -0.25) is 0 Å². The van der Waals surface area contributed by atoms with E-state index in [-0.39, 0.29) is 12.1 Å². The number of urea groups is 1. The third-order valence-electron chi connectivity index (χ3n) is 3.21. The first-order valence-corrected chi connectivity index (χ1v) is 7.79. The van der Waals surface area contributed by atoms with E-state index in [1.54, 1.807) is 30.3 Å². The Hall–Kier alpha value is -1.42. The van der Waals surface area contributed by atoms with Gasteiger partial charge < -0.3 is 10.6 Å². The minimum atomic E-state index is -0.335. The van der Waals surface area contributed by atoms with E-state index in [1.807, 2.05) is 19.9 Å². The van der Waals surface area contributed by atoms with Crippen molar-refractivity contribution in [2.75, 3.05) is 5.32 Å². The van der Waals surface area contributed by atoms with Gasteiger partial charge in [-0.25, -0.2) is 4.79 Å². The first-order valence-electron chi connectivity index (χ1n) is 6.65.